The summed E-state index contributed by atoms with van der Waals surface area (Å²) in [6.45, 7) is 10.7. The van der Waals surface area contributed by atoms with Gasteiger partial charge in [-0.05, 0) is 36.0 Å². The molecule has 7 heteroatoms. The normalized spacial score (nSPS) is 22.2. The molecule has 1 aromatic carbocycles. The molecule has 0 saturated carbocycles. The van der Waals surface area contributed by atoms with Crippen LogP contribution in [0.5, 0.6) is 5.75 Å². The molecule has 1 fully saturated rings. The molecule has 1 unspecified atom stereocenters. The zero-order chi connectivity index (χ0) is 27.9. The van der Waals surface area contributed by atoms with Gasteiger partial charge < -0.3 is 19.2 Å². The molecule has 1 saturated heterocycles. The summed E-state index contributed by atoms with van der Waals surface area (Å²) in [4.78, 5) is 30.7. The van der Waals surface area contributed by atoms with Crippen LogP contribution in [-0.2, 0) is 16.0 Å². The summed E-state index contributed by atoms with van der Waals surface area (Å²) in [6.07, 6.45) is 6.82. The standard InChI is InChI=1S/C31H51N3O4/c1-7-9-15-32(16-10-17-34(4,5)6)29(35)22-33-21-26(24-12-13-28-25(20-24)14-18-38-28)30(31(36)37)27(33)19-23(3)11-8-2/h12-13,20,23,26-27,30H,7-11,14-19,21-22H2,1-6H3/p+1/t23?,26-,27+,30-/m1/s1. The Morgan fingerprint density at radius 3 is 2.55 bits per heavy atom. The Kier molecular flexibility index (Phi) is 11.0. The lowest BCUT2D eigenvalue weighted by Crippen LogP contribution is -2.46. The van der Waals surface area contributed by atoms with Gasteiger partial charge in [0.25, 0.3) is 0 Å². The summed E-state index contributed by atoms with van der Waals surface area (Å²) in [6, 6.07) is 6.05. The summed E-state index contributed by atoms with van der Waals surface area (Å²) < 4.78 is 6.58. The van der Waals surface area contributed by atoms with Crippen molar-refractivity contribution in [3.63, 3.8) is 0 Å². The molecule has 0 spiro atoms. The molecule has 1 N–H and O–H groups in total. The molecule has 2 aliphatic heterocycles. The highest BCUT2D eigenvalue weighted by Crippen LogP contribution is 2.42. The van der Waals surface area contributed by atoms with Crippen molar-refractivity contribution in [2.45, 2.75) is 77.7 Å². The Morgan fingerprint density at radius 1 is 1.16 bits per heavy atom. The van der Waals surface area contributed by atoms with E-state index in [0.717, 1.165) is 80.4 Å². The summed E-state index contributed by atoms with van der Waals surface area (Å²) in [5.41, 5.74) is 2.23. The molecule has 0 radical (unpaired) electrons. The third kappa shape index (κ3) is 8.19. The third-order valence-corrected chi connectivity index (χ3v) is 8.33. The number of hydrogen-bond acceptors (Lipinski definition) is 4. The van der Waals surface area contributed by atoms with Crippen LogP contribution in [0, 0.1) is 11.8 Å². The first-order valence-corrected chi connectivity index (χ1v) is 14.8. The first kappa shape index (κ1) is 30.4. The second-order valence-electron chi connectivity index (χ2n) is 12.7. The number of carbonyl (C=O) groups is 2. The lowest BCUT2D eigenvalue weighted by Gasteiger charge is -2.32. The molecule has 3 rings (SSSR count). The maximum atomic E-state index is 13.7. The number of unbranched alkanes of at least 4 members (excludes halogenated alkanes) is 1. The number of hydrogen-bond donors (Lipinski definition) is 1. The molecule has 0 aromatic heterocycles. The van der Waals surface area contributed by atoms with Crippen LogP contribution in [0.2, 0.25) is 0 Å². The minimum absolute atomic E-state index is 0.132. The van der Waals surface area contributed by atoms with Gasteiger partial charge in [0.15, 0.2) is 0 Å². The van der Waals surface area contributed by atoms with Crippen LogP contribution < -0.4 is 4.74 Å². The molecule has 214 valence electrons. The Morgan fingerprint density at radius 2 is 1.89 bits per heavy atom. The van der Waals surface area contributed by atoms with E-state index in [-0.39, 0.29) is 17.9 Å². The van der Waals surface area contributed by atoms with E-state index in [1.165, 1.54) is 5.56 Å². The van der Waals surface area contributed by atoms with Gasteiger partial charge in [-0.1, -0.05) is 52.2 Å². The second kappa shape index (κ2) is 13.8. The van der Waals surface area contributed by atoms with Crippen molar-refractivity contribution in [3.8, 4) is 5.75 Å². The molecular weight excluding hydrogens is 478 g/mol. The van der Waals surface area contributed by atoms with Crippen LogP contribution in [0.4, 0.5) is 0 Å². The predicted octanol–water partition coefficient (Wildman–Crippen LogP) is 4.64. The maximum Gasteiger partial charge on any atom is 0.308 e. The second-order valence-corrected chi connectivity index (χ2v) is 12.7. The highest BCUT2D eigenvalue weighted by molar-refractivity contribution is 5.79. The van der Waals surface area contributed by atoms with E-state index in [2.05, 4.69) is 52.9 Å². The fraction of sp³-hybridized carbons (Fsp3) is 0.742. The number of carboxylic acids is 1. The maximum absolute atomic E-state index is 13.7. The monoisotopic (exact) mass is 530 g/mol. The zero-order valence-corrected chi connectivity index (χ0v) is 24.7. The van der Waals surface area contributed by atoms with E-state index in [1.54, 1.807) is 0 Å². The molecule has 1 aromatic rings. The first-order valence-electron chi connectivity index (χ1n) is 14.8. The molecule has 4 atom stereocenters. The number of benzene rings is 1. The first-order chi connectivity index (χ1) is 18.0. The lowest BCUT2D eigenvalue weighted by atomic mass is 9.81. The molecule has 2 heterocycles. The van der Waals surface area contributed by atoms with Crippen LogP contribution in [-0.4, -0.2) is 97.8 Å². The van der Waals surface area contributed by atoms with E-state index in [0.29, 0.717) is 25.6 Å². The fourth-order valence-corrected chi connectivity index (χ4v) is 6.30. The zero-order valence-electron chi connectivity index (χ0n) is 24.7. The quantitative estimate of drug-likeness (QED) is 0.335. The molecule has 38 heavy (non-hydrogen) atoms. The lowest BCUT2D eigenvalue weighted by molar-refractivity contribution is -0.870. The highest BCUT2D eigenvalue weighted by Gasteiger charge is 2.47. The van der Waals surface area contributed by atoms with Crippen molar-refractivity contribution in [1.29, 1.82) is 0 Å². The molecule has 7 nitrogen and oxygen atoms in total. The Labute approximate surface area is 230 Å². The van der Waals surface area contributed by atoms with Crippen molar-refractivity contribution in [2.75, 3.05) is 60.5 Å². The number of likely N-dealkylation sites (tertiary alicyclic amines) is 1. The van der Waals surface area contributed by atoms with Crippen LogP contribution in [0.3, 0.4) is 0 Å². The fourth-order valence-electron chi connectivity index (χ4n) is 6.30. The van der Waals surface area contributed by atoms with Crippen LogP contribution >= 0.6 is 0 Å². The van der Waals surface area contributed by atoms with Gasteiger partial charge in [-0.2, -0.15) is 0 Å². The number of rotatable bonds is 15. The van der Waals surface area contributed by atoms with E-state index < -0.39 is 11.9 Å². The summed E-state index contributed by atoms with van der Waals surface area (Å²) in [7, 11) is 6.55. The van der Waals surface area contributed by atoms with Crippen molar-refractivity contribution >= 4 is 11.9 Å². The van der Waals surface area contributed by atoms with Crippen molar-refractivity contribution in [1.82, 2.24) is 9.80 Å². The molecule has 0 aliphatic carbocycles. The van der Waals surface area contributed by atoms with E-state index in [9.17, 15) is 14.7 Å². The van der Waals surface area contributed by atoms with Gasteiger partial charge in [-0.25, -0.2) is 0 Å². The van der Waals surface area contributed by atoms with Crippen molar-refractivity contribution in [2.24, 2.45) is 11.8 Å². The number of amides is 1. The third-order valence-electron chi connectivity index (χ3n) is 8.33. The topological polar surface area (TPSA) is 70.1 Å². The van der Waals surface area contributed by atoms with Gasteiger partial charge >= 0.3 is 5.97 Å². The Bertz CT molecular complexity index is 928. The largest absolute Gasteiger partial charge is 0.493 e. The average Bonchev–Trinajstić information content (AvgIpc) is 3.45. The van der Waals surface area contributed by atoms with E-state index in [1.807, 2.05) is 17.0 Å². The SMILES string of the molecule is CCCCN(CCC[N+](C)(C)C)C(=O)CN1C[C@H](c2ccc3c(c2)CCO3)[C@@H](C(=O)O)[C@@H]1CC(C)CCC. The predicted molar refractivity (Wildman–Crippen MR) is 153 cm³/mol. The van der Waals surface area contributed by atoms with Gasteiger partial charge in [-0.3, -0.25) is 14.5 Å². The van der Waals surface area contributed by atoms with Crippen LogP contribution in [0.25, 0.3) is 0 Å². The van der Waals surface area contributed by atoms with Gasteiger partial charge in [0.2, 0.25) is 5.91 Å². The van der Waals surface area contributed by atoms with Crippen molar-refractivity contribution < 1.29 is 23.9 Å². The Balaban J connectivity index is 1.83. The molecular formula is C31H52N3O4+. The number of fused-ring (bicyclic) bond motifs is 1. The van der Waals surface area contributed by atoms with Gasteiger partial charge in [0.05, 0.1) is 46.8 Å². The average molecular weight is 531 g/mol. The Hall–Kier alpha value is -2.12. The summed E-state index contributed by atoms with van der Waals surface area (Å²) >= 11 is 0. The minimum atomic E-state index is -0.749. The number of nitrogens with zero attached hydrogens (tertiary/aromatic N) is 3. The minimum Gasteiger partial charge on any atom is -0.493 e. The summed E-state index contributed by atoms with van der Waals surface area (Å²) in [5.74, 6) is 0.0648. The van der Waals surface area contributed by atoms with Crippen LogP contribution in [0.1, 0.15) is 76.3 Å². The van der Waals surface area contributed by atoms with Gasteiger partial charge in [0, 0.05) is 44.4 Å². The molecule has 0 bridgehead atoms. The molecule has 1 amide bonds. The van der Waals surface area contributed by atoms with Crippen molar-refractivity contribution in [3.05, 3.63) is 29.3 Å². The molecule has 2 aliphatic rings. The van der Waals surface area contributed by atoms with E-state index in [4.69, 9.17) is 4.74 Å². The number of aliphatic carboxylic acids is 1. The number of carboxylic acid groups (broad SMARTS) is 1. The highest BCUT2D eigenvalue weighted by atomic mass is 16.5. The van der Waals surface area contributed by atoms with Gasteiger partial charge in [0.1, 0.15) is 5.75 Å². The smallest absolute Gasteiger partial charge is 0.308 e. The number of quaternary nitrogens is 1. The number of ether oxygens (including phenoxy) is 1. The van der Waals surface area contributed by atoms with E-state index >= 15 is 0 Å². The summed E-state index contributed by atoms with van der Waals surface area (Å²) in [5, 5.41) is 10.5. The number of carbonyl (C=O) groups excluding carboxylic acids is 1. The van der Waals surface area contributed by atoms with Gasteiger partial charge in [-0.15, -0.1) is 0 Å². The van der Waals surface area contributed by atoms with Crippen LogP contribution in [0.15, 0.2) is 18.2 Å².